The predicted octanol–water partition coefficient (Wildman–Crippen LogP) is 4.42. The van der Waals surface area contributed by atoms with Gasteiger partial charge in [-0.2, -0.15) is 4.31 Å². The van der Waals surface area contributed by atoms with E-state index in [-0.39, 0.29) is 21.8 Å². The fourth-order valence-electron chi connectivity index (χ4n) is 2.95. The minimum atomic E-state index is -3.57. The van der Waals surface area contributed by atoms with Crippen LogP contribution < -0.4 is 0 Å². The van der Waals surface area contributed by atoms with E-state index in [1.807, 2.05) is 6.92 Å². The Balaban J connectivity index is 2.38. The Morgan fingerprint density at radius 3 is 2.48 bits per heavy atom. The topological polar surface area (TPSA) is 37.4 Å². The molecule has 0 saturated heterocycles. The van der Waals surface area contributed by atoms with Gasteiger partial charge in [-0.3, -0.25) is 0 Å². The maximum Gasteiger partial charge on any atom is 0.244 e. The van der Waals surface area contributed by atoms with Crippen LogP contribution >= 0.6 is 23.2 Å². The second-order valence-corrected chi connectivity index (χ2v) is 7.93. The van der Waals surface area contributed by atoms with Crippen molar-refractivity contribution in [1.82, 2.24) is 4.31 Å². The van der Waals surface area contributed by atoms with Crippen molar-refractivity contribution in [2.24, 2.45) is 0 Å². The van der Waals surface area contributed by atoms with Gasteiger partial charge in [0.2, 0.25) is 10.0 Å². The third-order valence-electron chi connectivity index (χ3n) is 4.03. The Kier molecular flexibility index (Phi) is 5.95. The summed E-state index contributed by atoms with van der Waals surface area (Å²) in [5.41, 5.74) is 0.763. The van der Waals surface area contributed by atoms with Crippen LogP contribution in [0.25, 0.3) is 0 Å². The molecule has 0 heterocycles. The van der Waals surface area contributed by atoms with E-state index < -0.39 is 10.0 Å². The second-order valence-electron chi connectivity index (χ2n) is 5.40. The van der Waals surface area contributed by atoms with Crippen LogP contribution in [0.5, 0.6) is 0 Å². The highest BCUT2D eigenvalue weighted by atomic mass is 35.5. The van der Waals surface area contributed by atoms with Crippen LogP contribution in [0.15, 0.2) is 23.1 Å². The van der Waals surface area contributed by atoms with Crippen LogP contribution in [0, 0.1) is 0 Å². The lowest BCUT2D eigenvalue weighted by Gasteiger charge is -2.32. The van der Waals surface area contributed by atoms with Crippen molar-refractivity contribution in [3.8, 4) is 0 Å². The number of hydrogen-bond acceptors (Lipinski definition) is 2. The van der Waals surface area contributed by atoms with Crippen molar-refractivity contribution in [2.45, 2.75) is 55.8 Å². The Morgan fingerprint density at radius 2 is 1.90 bits per heavy atom. The van der Waals surface area contributed by atoms with Crippen LogP contribution in [0.1, 0.15) is 44.6 Å². The van der Waals surface area contributed by atoms with Gasteiger partial charge in [0.25, 0.3) is 0 Å². The van der Waals surface area contributed by atoms with Gasteiger partial charge in [-0.1, -0.05) is 43.9 Å². The molecular weight excluding hydrogens is 329 g/mol. The first-order valence-electron chi connectivity index (χ1n) is 7.37. The van der Waals surface area contributed by atoms with Gasteiger partial charge >= 0.3 is 0 Å². The molecule has 1 aliphatic carbocycles. The minimum Gasteiger partial charge on any atom is -0.207 e. The normalized spacial score (nSPS) is 17.3. The summed E-state index contributed by atoms with van der Waals surface area (Å²) >= 11 is 11.9. The zero-order valence-corrected chi connectivity index (χ0v) is 14.5. The molecule has 0 spiro atoms. The highest BCUT2D eigenvalue weighted by molar-refractivity contribution is 7.89. The first-order chi connectivity index (χ1) is 10.0. The van der Waals surface area contributed by atoms with Crippen molar-refractivity contribution < 1.29 is 8.42 Å². The Morgan fingerprint density at radius 1 is 1.24 bits per heavy atom. The Labute approximate surface area is 137 Å². The molecule has 21 heavy (non-hydrogen) atoms. The monoisotopic (exact) mass is 349 g/mol. The molecule has 0 aromatic heterocycles. The smallest absolute Gasteiger partial charge is 0.207 e. The maximum atomic E-state index is 13.0. The first kappa shape index (κ1) is 17.1. The second kappa shape index (κ2) is 7.32. The molecule has 6 heteroatoms. The molecule has 3 nitrogen and oxygen atoms in total. The molecule has 2 rings (SSSR count). The van der Waals surface area contributed by atoms with E-state index in [0.29, 0.717) is 6.54 Å². The lowest BCUT2D eigenvalue weighted by molar-refractivity contribution is 0.261. The highest BCUT2D eigenvalue weighted by Gasteiger charge is 2.32. The molecule has 1 aromatic carbocycles. The van der Waals surface area contributed by atoms with E-state index in [4.69, 9.17) is 23.2 Å². The Hall–Kier alpha value is -0.290. The number of sulfonamides is 1. The molecular formula is C15H21Cl2NO2S. The minimum absolute atomic E-state index is 0.0875. The zero-order chi connectivity index (χ0) is 15.5. The summed E-state index contributed by atoms with van der Waals surface area (Å²) in [6.07, 6.45) is 5.23. The van der Waals surface area contributed by atoms with Crippen LogP contribution in [0.4, 0.5) is 0 Å². The van der Waals surface area contributed by atoms with Gasteiger partial charge in [-0.05, 0) is 30.5 Å². The molecule has 0 radical (unpaired) electrons. The number of halogens is 2. The molecule has 0 aliphatic heterocycles. The first-order valence-corrected chi connectivity index (χ1v) is 9.72. The number of alkyl halides is 1. The summed E-state index contributed by atoms with van der Waals surface area (Å²) in [6, 6.07) is 5.05. The standard InChI is InChI=1S/C15H21Cl2NO2S/c1-2-18(13-6-4-3-5-7-13)21(19,20)15-10-12(11-16)8-9-14(15)17/h8-10,13H,2-7,11H2,1H3. The Bertz CT molecular complexity index is 583. The van der Waals surface area contributed by atoms with Crippen molar-refractivity contribution in [2.75, 3.05) is 6.54 Å². The molecule has 0 atom stereocenters. The maximum absolute atomic E-state index is 13.0. The summed E-state index contributed by atoms with van der Waals surface area (Å²) < 4.78 is 27.5. The van der Waals surface area contributed by atoms with Gasteiger partial charge in [-0.15, -0.1) is 11.6 Å². The third-order valence-corrected chi connectivity index (χ3v) is 6.85. The van der Waals surface area contributed by atoms with Gasteiger partial charge in [0.15, 0.2) is 0 Å². The molecule has 0 amide bonds. The number of benzene rings is 1. The average Bonchev–Trinajstić information content (AvgIpc) is 2.49. The van der Waals surface area contributed by atoms with Crippen LogP contribution in [0.2, 0.25) is 5.02 Å². The van der Waals surface area contributed by atoms with Crippen LogP contribution in [-0.4, -0.2) is 25.3 Å². The summed E-state index contributed by atoms with van der Waals surface area (Å²) in [5, 5.41) is 0.262. The fourth-order valence-corrected chi connectivity index (χ4v) is 5.34. The molecule has 0 N–H and O–H groups in total. The average molecular weight is 350 g/mol. The molecule has 0 bridgehead atoms. The van der Waals surface area contributed by atoms with E-state index >= 15 is 0 Å². The number of rotatable bonds is 5. The van der Waals surface area contributed by atoms with E-state index in [2.05, 4.69) is 0 Å². The van der Waals surface area contributed by atoms with E-state index in [0.717, 1.165) is 31.2 Å². The molecule has 118 valence electrons. The van der Waals surface area contributed by atoms with Gasteiger partial charge in [-0.25, -0.2) is 8.42 Å². The highest BCUT2D eigenvalue weighted by Crippen LogP contribution is 2.31. The van der Waals surface area contributed by atoms with E-state index in [9.17, 15) is 8.42 Å². The van der Waals surface area contributed by atoms with Gasteiger partial charge < -0.3 is 0 Å². The fraction of sp³-hybridized carbons (Fsp3) is 0.600. The molecule has 0 unspecified atom stereocenters. The van der Waals surface area contributed by atoms with Crippen molar-refractivity contribution in [3.05, 3.63) is 28.8 Å². The van der Waals surface area contributed by atoms with Crippen LogP contribution in [0.3, 0.4) is 0 Å². The largest absolute Gasteiger partial charge is 0.244 e. The lowest BCUT2D eigenvalue weighted by Crippen LogP contribution is -2.41. The van der Waals surface area contributed by atoms with Crippen LogP contribution in [-0.2, 0) is 15.9 Å². The number of hydrogen-bond donors (Lipinski definition) is 0. The van der Waals surface area contributed by atoms with Crippen molar-refractivity contribution >= 4 is 33.2 Å². The summed E-state index contributed by atoms with van der Waals surface area (Å²) in [6.45, 7) is 2.35. The van der Waals surface area contributed by atoms with E-state index in [1.165, 1.54) is 6.42 Å². The summed E-state index contributed by atoms with van der Waals surface area (Å²) in [5.74, 6) is 0.273. The molecule has 1 aliphatic rings. The third kappa shape index (κ3) is 3.73. The SMILES string of the molecule is CCN(C1CCCCC1)S(=O)(=O)c1cc(CCl)ccc1Cl. The van der Waals surface area contributed by atoms with Crippen molar-refractivity contribution in [3.63, 3.8) is 0 Å². The molecule has 1 aromatic rings. The molecule has 1 fully saturated rings. The van der Waals surface area contributed by atoms with Gasteiger partial charge in [0, 0.05) is 18.5 Å². The van der Waals surface area contributed by atoms with Gasteiger partial charge in [0.1, 0.15) is 4.90 Å². The summed E-state index contributed by atoms with van der Waals surface area (Å²) in [7, 11) is -3.57. The number of nitrogens with zero attached hydrogens (tertiary/aromatic N) is 1. The van der Waals surface area contributed by atoms with Crippen molar-refractivity contribution in [1.29, 1.82) is 0 Å². The lowest BCUT2D eigenvalue weighted by atomic mass is 9.95. The quantitative estimate of drug-likeness (QED) is 0.737. The zero-order valence-electron chi connectivity index (χ0n) is 12.2. The molecule has 1 saturated carbocycles. The summed E-state index contributed by atoms with van der Waals surface area (Å²) in [4.78, 5) is 0.176. The van der Waals surface area contributed by atoms with E-state index in [1.54, 1.807) is 22.5 Å². The van der Waals surface area contributed by atoms with Gasteiger partial charge in [0.05, 0.1) is 5.02 Å². The predicted molar refractivity (Wildman–Crippen MR) is 87.4 cm³/mol.